The van der Waals surface area contributed by atoms with Crippen LogP contribution >= 0.6 is 0 Å². The Bertz CT molecular complexity index is 745. The number of rotatable bonds is 3. The zero-order valence-corrected chi connectivity index (χ0v) is 13.9. The Hall–Kier alpha value is -1.87. The van der Waals surface area contributed by atoms with Crippen LogP contribution in [0.15, 0.2) is 12.1 Å². The molecule has 0 radical (unpaired) electrons. The molecule has 1 heterocycles. The predicted molar refractivity (Wildman–Crippen MR) is 86.1 cm³/mol. The number of halogens is 1. The smallest absolute Gasteiger partial charge is 0.326 e. The highest BCUT2D eigenvalue weighted by Crippen LogP contribution is 2.36. The van der Waals surface area contributed by atoms with Gasteiger partial charge in [0, 0.05) is 6.04 Å². The van der Waals surface area contributed by atoms with E-state index in [1.54, 1.807) is 4.72 Å². The fourth-order valence-corrected chi connectivity index (χ4v) is 4.67. The first-order valence-corrected chi connectivity index (χ1v) is 9.30. The van der Waals surface area contributed by atoms with Gasteiger partial charge < -0.3 is 10.8 Å². The first kappa shape index (κ1) is 17.0. The molecule has 9 heteroatoms. The maximum Gasteiger partial charge on any atom is 0.326 e. The van der Waals surface area contributed by atoms with Crippen LogP contribution in [0.3, 0.4) is 0 Å². The van der Waals surface area contributed by atoms with Crippen LogP contribution in [0.4, 0.5) is 10.1 Å². The topological polar surface area (TPSA) is 113 Å². The summed E-state index contributed by atoms with van der Waals surface area (Å²) in [7, 11) is -4.16. The zero-order valence-electron chi connectivity index (χ0n) is 13.0. The molecule has 1 aromatic carbocycles. The Morgan fingerprint density at radius 3 is 2.71 bits per heavy atom. The van der Waals surface area contributed by atoms with E-state index in [4.69, 9.17) is 5.73 Å². The minimum atomic E-state index is -4.16. The molecule has 0 aromatic heterocycles. The second kappa shape index (κ2) is 6.21. The first-order chi connectivity index (χ1) is 11.3. The van der Waals surface area contributed by atoms with Crippen molar-refractivity contribution >= 4 is 21.8 Å². The summed E-state index contributed by atoms with van der Waals surface area (Å²) in [4.78, 5) is 11.3. The molecular weight excluding hydrogens is 337 g/mol. The molecule has 1 aliphatic carbocycles. The molecule has 24 heavy (non-hydrogen) atoms. The lowest BCUT2D eigenvalue weighted by atomic mass is 9.82. The number of nitrogens with zero attached hydrogens (tertiary/aromatic N) is 1. The molecule has 0 bridgehead atoms. The highest BCUT2D eigenvalue weighted by Gasteiger charge is 2.37. The molecule has 1 saturated heterocycles. The number of nitrogens with two attached hydrogens (primary N) is 1. The summed E-state index contributed by atoms with van der Waals surface area (Å²) >= 11 is 0. The number of hydrogen-bond acceptors (Lipinski definition) is 5. The van der Waals surface area contributed by atoms with Gasteiger partial charge in [-0.25, -0.2) is 13.4 Å². The average molecular weight is 357 g/mol. The minimum absolute atomic E-state index is 0.147. The van der Waals surface area contributed by atoms with Crippen LogP contribution < -0.4 is 14.8 Å². The number of aromatic hydroxyl groups is 1. The van der Waals surface area contributed by atoms with Gasteiger partial charge in [0.15, 0.2) is 5.82 Å². The summed E-state index contributed by atoms with van der Waals surface area (Å²) in [6.45, 7) is -0.552. The number of nitrogens with one attached hydrogen (secondary N) is 1. The Balaban J connectivity index is 1.85. The Kier molecular flexibility index (Phi) is 4.39. The molecule has 4 N–H and O–H groups in total. The molecule has 2 unspecified atom stereocenters. The Labute approximate surface area is 139 Å². The van der Waals surface area contributed by atoms with Crippen LogP contribution in [-0.2, 0) is 21.4 Å². The summed E-state index contributed by atoms with van der Waals surface area (Å²) in [6, 6.07) is 2.72. The largest absolute Gasteiger partial charge is 0.506 e. The van der Waals surface area contributed by atoms with E-state index in [1.807, 2.05) is 0 Å². The number of benzene rings is 1. The van der Waals surface area contributed by atoms with Gasteiger partial charge >= 0.3 is 10.2 Å². The fraction of sp³-hybridized carbons (Fsp3) is 0.533. The molecule has 0 spiro atoms. The first-order valence-electron chi connectivity index (χ1n) is 7.86. The Morgan fingerprint density at radius 1 is 1.38 bits per heavy atom. The van der Waals surface area contributed by atoms with Crippen LogP contribution in [0.25, 0.3) is 0 Å². The SMILES string of the molecule is NC1CCCC(Cc2cc(O)c(N3CC(=O)NS3(=O)=O)c(F)c2)C1. The van der Waals surface area contributed by atoms with E-state index >= 15 is 0 Å². The van der Waals surface area contributed by atoms with Crippen molar-refractivity contribution in [2.45, 2.75) is 38.1 Å². The number of phenols is 1. The number of anilines is 1. The van der Waals surface area contributed by atoms with Gasteiger partial charge in [0.05, 0.1) is 0 Å². The molecule has 2 atom stereocenters. The van der Waals surface area contributed by atoms with Crippen molar-refractivity contribution in [3.8, 4) is 5.75 Å². The van der Waals surface area contributed by atoms with E-state index in [-0.39, 0.29) is 6.04 Å². The summed E-state index contributed by atoms with van der Waals surface area (Å²) in [6.07, 6.45) is 4.43. The van der Waals surface area contributed by atoms with Crippen molar-refractivity contribution in [1.82, 2.24) is 4.72 Å². The van der Waals surface area contributed by atoms with Gasteiger partial charge in [-0.1, -0.05) is 12.8 Å². The van der Waals surface area contributed by atoms with E-state index in [9.17, 15) is 22.7 Å². The summed E-state index contributed by atoms with van der Waals surface area (Å²) in [5, 5.41) is 10.1. The maximum absolute atomic E-state index is 14.4. The Morgan fingerprint density at radius 2 is 2.12 bits per heavy atom. The molecule has 1 saturated carbocycles. The van der Waals surface area contributed by atoms with Crippen molar-refractivity contribution in [1.29, 1.82) is 0 Å². The molecule has 3 rings (SSSR count). The van der Waals surface area contributed by atoms with Gasteiger partial charge in [0.2, 0.25) is 0 Å². The van der Waals surface area contributed by atoms with Gasteiger partial charge in [-0.2, -0.15) is 8.42 Å². The molecule has 1 amide bonds. The minimum Gasteiger partial charge on any atom is -0.506 e. The number of phenolic OH excluding ortho intramolecular Hbond substituents is 1. The lowest BCUT2D eigenvalue weighted by molar-refractivity contribution is -0.117. The number of carbonyl (C=O) groups is 1. The van der Waals surface area contributed by atoms with Crippen LogP contribution in [0.1, 0.15) is 31.2 Å². The lowest BCUT2D eigenvalue weighted by Crippen LogP contribution is -2.30. The molecule has 1 aromatic rings. The molecular formula is C15H20FN3O4S. The van der Waals surface area contributed by atoms with Crippen molar-refractivity contribution in [2.75, 3.05) is 10.8 Å². The monoisotopic (exact) mass is 357 g/mol. The van der Waals surface area contributed by atoms with Crippen LogP contribution in [-0.4, -0.2) is 32.0 Å². The molecule has 7 nitrogen and oxygen atoms in total. The maximum atomic E-state index is 14.4. The van der Waals surface area contributed by atoms with Crippen molar-refractivity contribution in [3.05, 3.63) is 23.5 Å². The van der Waals surface area contributed by atoms with Gasteiger partial charge in [-0.3, -0.25) is 4.79 Å². The van der Waals surface area contributed by atoms with Gasteiger partial charge in [0.1, 0.15) is 18.0 Å². The third-order valence-electron chi connectivity index (χ3n) is 4.52. The second-order valence-corrected chi connectivity index (χ2v) is 8.07. The zero-order chi connectivity index (χ0) is 17.5. The van der Waals surface area contributed by atoms with Crippen molar-refractivity contribution in [2.24, 2.45) is 11.7 Å². The molecule has 1 aliphatic heterocycles. The number of amides is 1. The molecule has 2 aliphatic rings. The summed E-state index contributed by atoms with van der Waals surface area (Å²) in [5.41, 5.74) is 6.04. The quantitative estimate of drug-likeness (QED) is 0.740. The highest BCUT2D eigenvalue weighted by atomic mass is 32.2. The summed E-state index contributed by atoms with van der Waals surface area (Å²) in [5.74, 6) is -1.82. The van der Waals surface area contributed by atoms with Crippen molar-refractivity contribution in [3.63, 3.8) is 0 Å². The summed E-state index contributed by atoms with van der Waals surface area (Å²) < 4.78 is 40.4. The van der Waals surface area contributed by atoms with Crippen molar-refractivity contribution < 1.29 is 22.7 Å². The van der Waals surface area contributed by atoms with E-state index in [0.29, 0.717) is 22.2 Å². The lowest BCUT2D eigenvalue weighted by Gasteiger charge is -2.27. The van der Waals surface area contributed by atoms with Crippen LogP contribution in [0.2, 0.25) is 0 Å². The molecule has 132 valence electrons. The second-order valence-electron chi connectivity index (χ2n) is 6.48. The third kappa shape index (κ3) is 3.32. The van der Waals surface area contributed by atoms with E-state index in [0.717, 1.165) is 25.7 Å². The fourth-order valence-electron chi connectivity index (χ4n) is 3.50. The van der Waals surface area contributed by atoms with Crippen LogP contribution in [0.5, 0.6) is 5.75 Å². The number of carbonyl (C=O) groups excluding carboxylic acids is 1. The molecule has 2 fully saturated rings. The predicted octanol–water partition coefficient (Wildman–Crippen LogP) is 0.772. The average Bonchev–Trinajstić information content (AvgIpc) is 2.71. The van der Waals surface area contributed by atoms with Gasteiger partial charge in [-0.05, 0) is 42.9 Å². The van der Waals surface area contributed by atoms with Crippen LogP contribution in [0, 0.1) is 11.7 Å². The van der Waals surface area contributed by atoms with E-state index < -0.39 is 39.9 Å². The van der Waals surface area contributed by atoms with Gasteiger partial charge in [0.25, 0.3) is 5.91 Å². The standard InChI is InChI=1S/C15H20FN3O4S/c16-12-6-10(4-9-2-1-3-11(17)5-9)7-13(20)15(12)19-8-14(21)18-24(19,22)23/h6-7,9,11,20H,1-5,8,17H2,(H,18,21). The van der Waals surface area contributed by atoms with E-state index in [1.165, 1.54) is 12.1 Å². The highest BCUT2D eigenvalue weighted by molar-refractivity contribution is 7.92. The normalized spacial score (nSPS) is 26.4. The number of hydrogen-bond donors (Lipinski definition) is 3. The van der Waals surface area contributed by atoms with Gasteiger partial charge in [-0.15, -0.1) is 0 Å². The third-order valence-corrected chi connectivity index (χ3v) is 5.90. The van der Waals surface area contributed by atoms with E-state index in [2.05, 4.69) is 0 Å².